The summed E-state index contributed by atoms with van der Waals surface area (Å²) in [7, 11) is 0. The summed E-state index contributed by atoms with van der Waals surface area (Å²) in [5.74, 6) is 0.608. The molecule has 144 valence electrons. The SMILES string of the molecule is O=C(COC(=O)CCc1c[nH]c2ccccc12)NCc1ccc2c(c1)OCO2. The van der Waals surface area contributed by atoms with Crippen molar-refractivity contribution in [2.24, 2.45) is 0 Å². The molecule has 3 aromatic rings. The minimum absolute atomic E-state index is 0.208. The van der Waals surface area contributed by atoms with Gasteiger partial charge in [-0.15, -0.1) is 0 Å². The third-order valence-electron chi connectivity index (χ3n) is 4.56. The molecule has 0 radical (unpaired) electrons. The van der Waals surface area contributed by atoms with Crippen LogP contribution in [0.2, 0.25) is 0 Å². The summed E-state index contributed by atoms with van der Waals surface area (Å²) in [6.07, 6.45) is 2.68. The Kier molecular flexibility index (Phi) is 5.14. The Hall–Kier alpha value is -3.48. The van der Waals surface area contributed by atoms with Gasteiger partial charge in [0.2, 0.25) is 6.79 Å². The summed E-state index contributed by atoms with van der Waals surface area (Å²) in [6, 6.07) is 13.4. The predicted molar refractivity (Wildman–Crippen MR) is 102 cm³/mol. The van der Waals surface area contributed by atoms with E-state index >= 15 is 0 Å². The van der Waals surface area contributed by atoms with E-state index in [1.807, 2.05) is 42.6 Å². The van der Waals surface area contributed by atoms with Gasteiger partial charge >= 0.3 is 5.97 Å². The molecule has 0 fully saturated rings. The van der Waals surface area contributed by atoms with Crippen LogP contribution in [0.4, 0.5) is 0 Å². The highest BCUT2D eigenvalue weighted by atomic mass is 16.7. The second-order valence-electron chi connectivity index (χ2n) is 6.48. The molecule has 0 saturated heterocycles. The maximum Gasteiger partial charge on any atom is 0.306 e. The van der Waals surface area contributed by atoms with Crippen molar-refractivity contribution in [3.63, 3.8) is 0 Å². The van der Waals surface area contributed by atoms with E-state index in [4.69, 9.17) is 14.2 Å². The van der Waals surface area contributed by atoms with Gasteiger partial charge in [0, 0.05) is 30.1 Å². The molecule has 2 N–H and O–H groups in total. The number of fused-ring (bicyclic) bond motifs is 2. The number of carbonyl (C=O) groups excluding carboxylic acids is 2. The normalized spacial score (nSPS) is 12.1. The van der Waals surface area contributed by atoms with Crippen molar-refractivity contribution >= 4 is 22.8 Å². The van der Waals surface area contributed by atoms with Gasteiger partial charge in [-0.1, -0.05) is 24.3 Å². The molecule has 0 unspecified atom stereocenters. The quantitative estimate of drug-likeness (QED) is 0.615. The Bertz CT molecular complexity index is 1010. The molecule has 2 aromatic carbocycles. The second kappa shape index (κ2) is 8.04. The molecular formula is C21H20N2O5. The first kappa shape index (κ1) is 17.9. The summed E-state index contributed by atoms with van der Waals surface area (Å²) in [5, 5.41) is 3.82. The molecule has 28 heavy (non-hydrogen) atoms. The molecule has 1 aliphatic rings. The van der Waals surface area contributed by atoms with Crippen molar-refractivity contribution in [3.8, 4) is 11.5 Å². The second-order valence-corrected chi connectivity index (χ2v) is 6.48. The number of benzene rings is 2. The lowest BCUT2D eigenvalue weighted by atomic mass is 10.1. The Morgan fingerprint density at radius 2 is 1.96 bits per heavy atom. The number of H-pyrrole nitrogens is 1. The summed E-state index contributed by atoms with van der Waals surface area (Å²) in [4.78, 5) is 27.0. The number of carbonyl (C=O) groups is 2. The van der Waals surface area contributed by atoms with Gasteiger partial charge in [0.15, 0.2) is 18.1 Å². The van der Waals surface area contributed by atoms with Crippen LogP contribution in [0.5, 0.6) is 11.5 Å². The molecule has 1 aliphatic heterocycles. The van der Waals surface area contributed by atoms with Gasteiger partial charge in [0.05, 0.1) is 0 Å². The molecule has 1 aromatic heterocycles. The molecule has 7 heteroatoms. The van der Waals surface area contributed by atoms with Crippen molar-refractivity contribution < 1.29 is 23.8 Å². The van der Waals surface area contributed by atoms with Gasteiger partial charge in [-0.25, -0.2) is 0 Å². The van der Waals surface area contributed by atoms with Crippen molar-refractivity contribution in [1.82, 2.24) is 10.3 Å². The van der Waals surface area contributed by atoms with Gasteiger partial charge < -0.3 is 24.5 Å². The first-order chi connectivity index (χ1) is 13.7. The molecule has 1 amide bonds. The van der Waals surface area contributed by atoms with Gasteiger partial charge in [-0.05, 0) is 35.7 Å². The molecule has 7 nitrogen and oxygen atoms in total. The van der Waals surface area contributed by atoms with E-state index in [0.717, 1.165) is 22.0 Å². The standard InChI is InChI=1S/C21H20N2O5/c24-20(23-10-14-5-7-18-19(9-14)28-13-27-18)12-26-21(25)8-6-15-11-22-17-4-2-1-3-16(15)17/h1-5,7,9,11,22H,6,8,10,12-13H2,(H,23,24). The summed E-state index contributed by atoms with van der Waals surface area (Å²) in [6.45, 7) is 0.235. The highest BCUT2D eigenvalue weighted by Crippen LogP contribution is 2.32. The smallest absolute Gasteiger partial charge is 0.306 e. The van der Waals surface area contributed by atoms with Gasteiger partial charge in [-0.3, -0.25) is 9.59 Å². The Labute approximate surface area is 161 Å². The number of nitrogens with one attached hydrogen (secondary N) is 2. The van der Waals surface area contributed by atoms with Crippen LogP contribution in [-0.4, -0.2) is 30.3 Å². The molecule has 0 aliphatic carbocycles. The van der Waals surface area contributed by atoms with Crippen molar-refractivity contribution in [2.75, 3.05) is 13.4 Å². The Morgan fingerprint density at radius 1 is 1.11 bits per heavy atom. The van der Waals surface area contributed by atoms with Crippen molar-refractivity contribution in [1.29, 1.82) is 0 Å². The first-order valence-electron chi connectivity index (χ1n) is 9.05. The molecule has 0 spiro atoms. The van der Waals surface area contributed by atoms with E-state index < -0.39 is 5.97 Å². The number of hydrogen-bond acceptors (Lipinski definition) is 5. The number of esters is 1. The minimum atomic E-state index is -0.400. The fraction of sp³-hybridized carbons (Fsp3) is 0.238. The maximum atomic E-state index is 11.9. The molecule has 0 bridgehead atoms. The van der Waals surface area contributed by atoms with Crippen LogP contribution in [-0.2, 0) is 27.3 Å². The van der Waals surface area contributed by atoms with E-state index in [2.05, 4.69) is 10.3 Å². The lowest BCUT2D eigenvalue weighted by Crippen LogP contribution is -2.28. The number of aryl methyl sites for hydroxylation is 1. The van der Waals surface area contributed by atoms with Crippen LogP contribution in [0, 0.1) is 0 Å². The zero-order chi connectivity index (χ0) is 19.3. The highest BCUT2D eigenvalue weighted by Gasteiger charge is 2.14. The number of amides is 1. The van der Waals surface area contributed by atoms with E-state index in [1.54, 1.807) is 6.07 Å². The number of aromatic amines is 1. The highest BCUT2D eigenvalue weighted by molar-refractivity contribution is 5.84. The van der Waals surface area contributed by atoms with Crippen molar-refractivity contribution in [3.05, 3.63) is 59.8 Å². The number of rotatable bonds is 7. The summed E-state index contributed by atoms with van der Waals surface area (Å²) in [5.41, 5.74) is 2.97. The Balaban J connectivity index is 1.19. The molecule has 0 atom stereocenters. The van der Waals surface area contributed by atoms with Crippen LogP contribution in [0.15, 0.2) is 48.7 Å². The van der Waals surface area contributed by atoms with Crippen LogP contribution in [0.3, 0.4) is 0 Å². The molecule has 2 heterocycles. The number of aromatic nitrogens is 1. The topological polar surface area (TPSA) is 89.7 Å². The van der Waals surface area contributed by atoms with Crippen molar-refractivity contribution in [2.45, 2.75) is 19.4 Å². The van der Waals surface area contributed by atoms with E-state index in [0.29, 0.717) is 24.5 Å². The summed E-state index contributed by atoms with van der Waals surface area (Å²) >= 11 is 0. The van der Waals surface area contributed by atoms with Gasteiger partial charge in [0.25, 0.3) is 5.91 Å². The Morgan fingerprint density at radius 3 is 2.89 bits per heavy atom. The number of hydrogen-bond donors (Lipinski definition) is 2. The monoisotopic (exact) mass is 380 g/mol. The summed E-state index contributed by atoms with van der Waals surface area (Å²) < 4.78 is 15.6. The zero-order valence-electron chi connectivity index (χ0n) is 15.2. The van der Waals surface area contributed by atoms with Gasteiger partial charge in [-0.2, -0.15) is 0 Å². The van der Waals surface area contributed by atoms with Crippen LogP contribution >= 0.6 is 0 Å². The van der Waals surface area contributed by atoms with Gasteiger partial charge in [0.1, 0.15) is 0 Å². The lowest BCUT2D eigenvalue weighted by molar-refractivity contribution is -0.148. The van der Waals surface area contributed by atoms with E-state index in [9.17, 15) is 9.59 Å². The van der Waals surface area contributed by atoms with Crippen LogP contribution in [0.25, 0.3) is 10.9 Å². The largest absolute Gasteiger partial charge is 0.456 e. The molecule has 4 rings (SSSR count). The van der Waals surface area contributed by atoms with E-state index in [-0.39, 0.29) is 25.7 Å². The average molecular weight is 380 g/mol. The molecule has 0 saturated carbocycles. The first-order valence-corrected chi connectivity index (χ1v) is 9.05. The third-order valence-corrected chi connectivity index (χ3v) is 4.56. The predicted octanol–water partition coefficient (Wildman–Crippen LogP) is 2.69. The minimum Gasteiger partial charge on any atom is -0.456 e. The zero-order valence-corrected chi connectivity index (χ0v) is 15.2. The van der Waals surface area contributed by atoms with Crippen LogP contribution in [0.1, 0.15) is 17.5 Å². The number of ether oxygens (including phenoxy) is 3. The maximum absolute atomic E-state index is 11.9. The third kappa shape index (κ3) is 4.09. The van der Waals surface area contributed by atoms with Crippen LogP contribution < -0.4 is 14.8 Å². The van der Waals surface area contributed by atoms with E-state index in [1.165, 1.54) is 0 Å². The molecular weight excluding hydrogens is 360 g/mol. The average Bonchev–Trinajstić information content (AvgIpc) is 3.35. The fourth-order valence-corrected chi connectivity index (χ4v) is 3.10. The lowest BCUT2D eigenvalue weighted by Gasteiger charge is -2.07. The fourth-order valence-electron chi connectivity index (χ4n) is 3.10. The number of para-hydroxylation sites is 1.